The van der Waals surface area contributed by atoms with Gasteiger partial charge >= 0.3 is 0 Å². The van der Waals surface area contributed by atoms with Gasteiger partial charge in [0.2, 0.25) is 0 Å². The summed E-state index contributed by atoms with van der Waals surface area (Å²) in [6, 6.07) is 14.5. The Kier molecular flexibility index (Phi) is 5.42. The van der Waals surface area contributed by atoms with Gasteiger partial charge < -0.3 is 10.1 Å². The highest BCUT2D eigenvalue weighted by Gasteiger charge is 1.97. The van der Waals surface area contributed by atoms with Crippen LogP contribution in [0.1, 0.15) is 25.3 Å². The highest BCUT2D eigenvalue weighted by atomic mass is 19.1. The van der Waals surface area contributed by atoms with Crippen molar-refractivity contribution >= 4 is 5.69 Å². The number of nitrogens with one attached hydrogen (secondary N) is 1. The molecule has 3 heteroatoms. The monoisotopic (exact) mass is 273 g/mol. The molecule has 20 heavy (non-hydrogen) atoms. The van der Waals surface area contributed by atoms with Crippen LogP contribution in [0, 0.1) is 5.82 Å². The first-order valence-corrected chi connectivity index (χ1v) is 6.99. The normalized spacial score (nSPS) is 10.3. The zero-order valence-corrected chi connectivity index (χ0v) is 11.7. The lowest BCUT2D eigenvalue weighted by Gasteiger charge is -2.08. The fourth-order valence-corrected chi connectivity index (χ4v) is 1.84. The van der Waals surface area contributed by atoms with Gasteiger partial charge in [0, 0.05) is 12.2 Å². The van der Waals surface area contributed by atoms with Gasteiger partial charge in [0.15, 0.2) is 0 Å². The second-order valence-electron chi connectivity index (χ2n) is 4.71. The highest BCUT2D eigenvalue weighted by Crippen LogP contribution is 2.15. The third-order valence-electron chi connectivity index (χ3n) is 3.01. The topological polar surface area (TPSA) is 21.3 Å². The molecule has 2 aromatic carbocycles. The predicted molar refractivity (Wildman–Crippen MR) is 80.6 cm³/mol. The number of unbranched alkanes of at least 4 members (excludes halogenated alkanes) is 1. The fraction of sp³-hybridized carbons (Fsp3) is 0.294. The van der Waals surface area contributed by atoms with Crippen molar-refractivity contribution in [2.24, 2.45) is 0 Å². The summed E-state index contributed by atoms with van der Waals surface area (Å²) in [4.78, 5) is 0. The number of hydrogen-bond donors (Lipinski definition) is 1. The molecule has 0 bridgehead atoms. The lowest BCUT2D eigenvalue weighted by molar-refractivity contribution is 0.309. The average Bonchev–Trinajstić information content (AvgIpc) is 2.47. The Morgan fingerprint density at radius 2 is 1.90 bits per heavy atom. The highest BCUT2D eigenvalue weighted by molar-refractivity contribution is 5.44. The molecule has 0 aliphatic rings. The maximum Gasteiger partial charge on any atom is 0.125 e. The van der Waals surface area contributed by atoms with E-state index in [1.165, 1.54) is 12.1 Å². The molecule has 0 aliphatic carbocycles. The van der Waals surface area contributed by atoms with E-state index < -0.39 is 0 Å². The van der Waals surface area contributed by atoms with Crippen LogP contribution in [0.25, 0.3) is 0 Å². The maximum absolute atomic E-state index is 13.0. The molecule has 0 aromatic heterocycles. The molecular weight excluding hydrogens is 253 g/mol. The Morgan fingerprint density at radius 1 is 1.10 bits per heavy atom. The number of benzene rings is 2. The number of hydrogen-bond acceptors (Lipinski definition) is 2. The van der Waals surface area contributed by atoms with Gasteiger partial charge in [-0.15, -0.1) is 0 Å². The van der Waals surface area contributed by atoms with Crippen molar-refractivity contribution in [3.8, 4) is 5.75 Å². The molecule has 106 valence electrons. The van der Waals surface area contributed by atoms with E-state index in [-0.39, 0.29) is 5.82 Å². The zero-order chi connectivity index (χ0) is 14.2. The third kappa shape index (κ3) is 4.57. The quantitative estimate of drug-likeness (QED) is 0.743. The molecule has 2 rings (SSSR count). The molecule has 2 nitrogen and oxygen atoms in total. The number of rotatable bonds is 7. The first-order chi connectivity index (χ1) is 9.78. The van der Waals surface area contributed by atoms with Crippen LogP contribution in [-0.4, -0.2) is 6.61 Å². The molecule has 0 atom stereocenters. The van der Waals surface area contributed by atoms with Crippen LogP contribution in [0.3, 0.4) is 0 Å². The molecule has 0 amide bonds. The standard InChI is InChI=1S/C17H20FNO/c1-2-3-11-20-17-9-7-14(8-10-17)13-19-16-6-4-5-15(18)12-16/h4-10,12,19H,2-3,11,13H2,1H3. The van der Waals surface area contributed by atoms with E-state index in [0.717, 1.165) is 36.4 Å². The number of anilines is 1. The van der Waals surface area contributed by atoms with Crippen molar-refractivity contribution < 1.29 is 9.13 Å². The van der Waals surface area contributed by atoms with Gasteiger partial charge in [0.25, 0.3) is 0 Å². The van der Waals surface area contributed by atoms with Crippen molar-refractivity contribution in [1.82, 2.24) is 0 Å². The van der Waals surface area contributed by atoms with E-state index in [1.54, 1.807) is 6.07 Å². The lowest BCUT2D eigenvalue weighted by Crippen LogP contribution is -2.00. The summed E-state index contributed by atoms with van der Waals surface area (Å²) in [7, 11) is 0. The fourth-order valence-electron chi connectivity index (χ4n) is 1.84. The van der Waals surface area contributed by atoms with Crippen molar-refractivity contribution in [3.63, 3.8) is 0 Å². The van der Waals surface area contributed by atoms with E-state index in [9.17, 15) is 4.39 Å². The van der Waals surface area contributed by atoms with Crippen molar-refractivity contribution in [2.75, 3.05) is 11.9 Å². The predicted octanol–water partition coefficient (Wildman–Crippen LogP) is 4.62. The van der Waals surface area contributed by atoms with Gasteiger partial charge in [-0.2, -0.15) is 0 Å². The molecule has 1 N–H and O–H groups in total. The van der Waals surface area contributed by atoms with Gasteiger partial charge in [-0.1, -0.05) is 31.5 Å². The van der Waals surface area contributed by atoms with E-state index in [4.69, 9.17) is 4.74 Å². The Hall–Kier alpha value is -2.03. The minimum atomic E-state index is -0.227. The van der Waals surface area contributed by atoms with Gasteiger partial charge in [0.05, 0.1) is 6.61 Å². The van der Waals surface area contributed by atoms with Crippen LogP contribution < -0.4 is 10.1 Å². The molecule has 0 spiro atoms. The van der Waals surface area contributed by atoms with Crippen LogP contribution in [-0.2, 0) is 6.54 Å². The SMILES string of the molecule is CCCCOc1ccc(CNc2cccc(F)c2)cc1. The van der Waals surface area contributed by atoms with E-state index >= 15 is 0 Å². The Bertz CT molecular complexity index is 525. The molecule has 0 fully saturated rings. The smallest absolute Gasteiger partial charge is 0.125 e. The molecular formula is C17H20FNO. The second-order valence-corrected chi connectivity index (χ2v) is 4.71. The summed E-state index contributed by atoms with van der Waals surface area (Å²) in [6.07, 6.45) is 2.21. The average molecular weight is 273 g/mol. The first-order valence-electron chi connectivity index (χ1n) is 6.99. The minimum absolute atomic E-state index is 0.227. The number of ether oxygens (including phenoxy) is 1. The largest absolute Gasteiger partial charge is 0.494 e. The van der Waals surface area contributed by atoms with Crippen LogP contribution in [0.15, 0.2) is 48.5 Å². The molecule has 0 radical (unpaired) electrons. The molecule has 0 aliphatic heterocycles. The maximum atomic E-state index is 13.0. The van der Waals surface area contributed by atoms with Crippen LogP contribution in [0.2, 0.25) is 0 Å². The summed E-state index contributed by atoms with van der Waals surface area (Å²) < 4.78 is 18.6. The summed E-state index contributed by atoms with van der Waals surface area (Å²) >= 11 is 0. The lowest BCUT2D eigenvalue weighted by atomic mass is 10.2. The summed E-state index contributed by atoms with van der Waals surface area (Å²) in [5, 5.41) is 3.19. The van der Waals surface area contributed by atoms with Crippen molar-refractivity contribution in [1.29, 1.82) is 0 Å². The Balaban J connectivity index is 1.84. The summed E-state index contributed by atoms with van der Waals surface area (Å²) in [5.74, 6) is 0.669. The molecule has 2 aromatic rings. The van der Waals surface area contributed by atoms with Gasteiger partial charge in [-0.05, 0) is 42.3 Å². The zero-order valence-electron chi connectivity index (χ0n) is 11.7. The van der Waals surface area contributed by atoms with E-state index in [2.05, 4.69) is 12.2 Å². The Labute approximate surface area is 119 Å². The summed E-state index contributed by atoms with van der Waals surface area (Å²) in [6.45, 7) is 3.57. The molecule has 0 heterocycles. The third-order valence-corrected chi connectivity index (χ3v) is 3.01. The first kappa shape index (κ1) is 14.4. The van der Waals surface area contributed by atoms with Gasteiger partial charge in [-0.25, -0.2) is 4.39 Å². The molecule has 0 saturated carbocycles. The molecule has 0 unspecified atom stereocenters. The van der Waals surface area contributed by atoms with Gasteiger partial charge in [-0.3, -0.25) is 0 Å². The van der Waals surface area contributed by atoms with Crippen molar-refractivity contribution in [3.05, 3.63) is 59.9 Å². The van der Waals surface area contributed by atoms with E-state index in [1.807, 2.05) is 30.3 Å². The Morgan fingerprint density at radius 3 is 2.60 bits per heavy atom. The van der Waals surface area contributed by atoms with Crippen LogP contribution >= 0.6 is 0 Å². The second kappa shape index (κ2) is 7.53. The van der Waals surface area contributed by atoms with E-state index in [0.29, 0.717) is 6.54 Å². The van der Waals surface area contributed by atoms with Crippen LogP contribution in [0.4, 0.5) is 10.1 Å². The number of halogens is 1. The van der Waals surface area contributed by atoms with Gasteiger partial charge in [0.1, 0.15) is 11.6 Å². The molecule has 0 saturated heterocycles. The minimum Gasteiger partial charge on any atom is -0.494 e. The van der Waals surface area contributed by atoms with Crippen LogP contribution in [0.5, 0.6) is 5.75 Å². The van der Waals surface area contributed by atoms with Crippen molar-refractivity contribution in [2.45, 2.75) is 26.3 Å². The summed E-state index contributed by atoms with van der Waals surface area (Å²) in [5.41, 5.74) is 1.92.